The number of alkyl halides is 3. The molecule has 0 aliphatic carbocycles. The fraction of sp³-hybridized carbons (Fsp3) is 0.333. The average molecular weight is 543 g/mol. The number of anilines is 1. The lowest BCUT2D eigenvalue weighted by Gasteiger charge is -2.28. The van der Waals surface area contributed by atoms with Crippen LogP contribution in [0.4, 0.5) is 18.9 Å². The number of amides is 2. The van der Waals surface area contributed by atoms with Crippen molar-refractivity contribution in [2.24, 2.45) is 0 Å². The molecule has 0 aliphatic rings. The van der Waals surface area contributed by atoms with Crippen molar-refractivity contribution < 1.29 is 32.2 Å². The van der Waals surface area contributed by atoms with Gasteiger partial charge in [-0.25, -0.2) is 0 Å². The molecule has 0 aliphatic heterocycles. The largest absolute Gasteiger partial charge is 0.493 e. The Kier molecular flexibility index (Phi) is 10.4. The topological polar surface area (TPSA) is 67.9 Å². The van der Waals surface area contributed by atoms with Gasteiger partial charge in [0.1, 0.15) is 5.92 Å². The molecule has 9 heteroatoms. The molecule has 2 amide bonds. The summed E-state index contributed by atoms with van der Waals surface area (Å²) in [5, 5.41) is 2.87. The SMILES string of the molecule is CCCCNC(=O)C(C(=O)N(CCc1ccc(C(F)(F)F)cc1)c1ccc(OC)c(OC)c1)c1ccccc1. The molecule has 3 aromatic carbocycles. The number of unbranched alkanes of at least 4 members (excludes halogenated alkanes) is 1. The second kappa shape index (κ2) is 13.7. The molecule has 3 rings (SSSR count). The molecule has 0 fully saturated rings. The lowest BCUT2D eigenvalue weighted by Crippen LogP contribution is -2.43. The van der Waals surface area contributed by atoms with Gasteiger partial charge in [0.15, 0.2) is 11.5 Å². The Bertz CT molecular complexity index is 1230. The fourth-order valence-corrected chi connectivity index (χ4v) is 4.16. The molecule has 0 radical (unpaired) electrons. The molecule has 39 heavy (non-hydrogen) atoms. The summed E-state index contributed by atoms with van der Waals surface area (Å²) in [6.45, 7) is 2.56. The van der Waals surface area contributed by atoms with E-state index < -0.39 is 29.5 Å². The lowest BCUT2D eigenvalue weighted by atomic mass is 9.95. The van der Waals surface area contributed by atoms with Crippen LogP contribution in [0.15, 0.2) is 72.8 Å². The molecule has 6 nitrogen and oxygen atoms in total. The van der Waals surface area contributed by atoms with Gasteiger partial charge in [-0.1, -0.05) is 55.8 Å². The number of hydrogen-bond acceptors (Lipinski definition) is 4. The number of benzene rings is 3. The van der Waals surface area contributed by atoms with E-state index in [1.54, 1.807) is 48.5 Å². The van der Waals surface area contributed by atoms with Crippen LogP contribution in [-0.2, 0) is 22.2 Å². The van der Waals surface area contributed by atoms with Crippen LogP contribution in [0.3, 0.4) is 0 Å². The maximum absolute atomic E-state index is 14.1. The highest BCUT2D eigenvalue weighted by molar-refractivity contribution is 6.12. The highest BCUT2D eigenvalue weighted by Crippen LogP contribution is 2.34. The zero-order valence-electron chi connectivity index (χ0n) is 22.3. The van der Waals surface area contributed by atoms with E-state index in [2.05, 4.69) is 5.32 Å². The van der Waals surface area contributed by atoms with E-state index in [0.29, 0.717) is 34.9 Å². The molecular weight excluding hydrogens is 509 g/mol. The number of ether oxygens (including phenoxy) is 2. The third kappa shape index (κ3) is 7.75. The monoisotopic (exact) mass is 542 g/mol. The van der Waals surface area contributed by atoms with Gasteiger partial charge in [-0.05, 0) is 48.2 Å². The van der Waals surface area contributed by atoms with Crippen LogP contribution in [0.5, 0.6) is 11.5 Å². The predicted molar refractivity (Wildman–Crippen MR) is 144 cm³/mol. The molecule has 0 saturated heterocycles. The van der Waals surface area contributed by atoms with E-state index in [1.165, 1.54) is 31.3 Å². The zero-order chi connectivity index (χ0) is 28.4. The Balaban J connectivity index is 1.99. The molecule has 1 unspecified atom stereocenters. The maximum atomic E-state index is 14.1. The number of rotatable bonds is 12. The summed E-state index contributed by atoms with van der Waals surface area (Å²) in [5.74, 6) is -1.14. The van der Waals surface area contributed by atoms with Crippen LogP contribution in [0, 0.1) is 0 Å². The average Bonchev–Trinajstić information content (AvgIpc) is 2.93. The molecule has 0 bridgehead atoms. The number of nitrogens with one attached hydrogen (secondary N) is 1. The summed E-state index contributed by atoms with van der Waals surface area (Å²) in [7, 11) is 2.97. The first kappa shape index (κ1) is 29.5. The lowest BCUT2D eigenvalue weighted by molar-refractivity contribution is -0.137. The van der Waals surface area contributed by atoms with Crippen LogP contribution < -0.4 is 19.7 Å². The summed E-state index contributed by atoms with van der Waals surface area (Å²) >= 11 is 0. The molecular formula is C30H33F3N2O4. The Hall–Kier alpha value is -4.01. The van der Waals surface area contributed by atoms with Gasteiger partial charge in [0.25, 0.3) is 0 Å². The molecule has 208 valence electrons. The van der Waals surface area contributed by atoms with Crippen molar-refractivity contribution in [1.29, 1.82) is 0 Å². The van der Waals surface area contributed by atoms with Crippen LogP contribution in [-0.4, -0.2) is 39.1 Å². The molecule has 0 aromatic heterocycles. The van der Waals surface area contributed by atoms with Crippen molar-refractivity contribution in [2.45, 2.75) is 38.3 Å². The maximum Gasteiger partial charge on any atom is 0.416 e. The summed E-state index contributed by atoms with van der Waals surface area (Å²) in [5.41, 5.74) is 0.875. The van der Waals surface area contributed by atoms with Gasteiger partial charge in [-0.2, -0.15) is 13.2 Å². The molecule has 3 aromatic rings. The minimum atomic E-state index is -4.44. The van der Waals surface area contributed by atoms with E-state index in [0.717, 1.165) is 25.0 Å². The zero-order valence-corrected chi connectivity index (χ0v) is 22.3. The van der Waals surface area contributed by atoms with Gasteiger partial charge in [0.2, 0.25) is 11.8 Å². The number of methoxy groups -OCH3 is 2. The third-order valence-electron chi connectivity index (χ3n) is 6.32. The first-order valence-electron chi connectivity index (χ1n) is 12.7. The Morgan fingerprint density at radius 3 is 2.18 bits per heavy atom. The third-order valence-corrected chi connectivity index (χ3v) is 6.32. The first-order valence-corrected chi connectivity index (χ1v) is 12.7. The van der Waals surface area contributed by atoms with Crippen molar-refractivity contribution >= 4 is 17.5 Å². The second-order valence-electron chi connectivity index (χ2n) is 8.96. The van der Waals surface area contributed by atoms with Crippen LogP contribution in [0.2, 0.25) is 0 Å². The van der Waals surface area contributed by atoms with Crippen molar-refractivity contribution in [3.8, 4) is 11.5 Å². The van der Waals surface area contributed by atoms with Crippen LogP contribution in [0.1, 0.15) is 42.4 Å². The minimum absolute atomic E-state index is 0.116. The highest BCUT2D eigenvalue weighted by atomic mass is 19.4. The molecule has 0 spiro atoms. The Morgan fingerprint density at radius 2 is 1.59 bits per heavy atom. The number of nitrogens with zero attached hydrogens (tertiary/aromatic N) is 1. The van der Waals surface area contributed by atoms with Gasteiger partial charge < -0.3 is 19.7 Å². The van der Waals surface area contributed by atoms with Gasteiger partial charge in [-0.3, -0.25) is 9.59 Å². The second-order valence-corrected chi connectivity index (χ2v) is 8.96. The van der Waals surface area contributed by atoms with Crippen molar-refractivity contribution in [3.05, 3.63) is 89.5 Å². The first-order chi connectivity index (χ1) is 18.7. The molecule has 1 atom stereocenters. The fourth-order valence-electron chi connectivity index (χ4n) is 4.16. The van der Waals surface area contributed by atoms with E-state index in [-0.39, 0.29) is 13.0 Å². The van der Waals surface area contributed by atoms with Crippen LogP contribution >= 0.6 is 0 Å². The summed E-state index contributed by atoms with van der Waals surface area (Å²) in [6, 6.07) is 18.6. The Labute approximate surface area is 226 Å². The van der Waals surface area contributed by atoms with Crippen LogP contribution in [0.25, 0.3) is 0 Å². The van der Waals surface area contributed by atoms with Gasteiger partial charge in [-0.15, -0.1) is 0 Å². The quantitative estimate of drug-likeness (QED) is 0.225. The molecule has 0 heterocycles. The number of hydrogen-bond donors (Lipinski definition) is 1. The summed E-state index contributed by atoms with van der Waals surface area (Å²) < 4.78 is 49.8. The van der Waals surface area contributed by atoms with E-state index >= 15 is 0 Å². The number of carbonyl (C=O) groups excluding carboxylic acids is 2. The van der Waals surface area contributed by atoms with E-state index in [9.17, 15) is 22.8 Å². The highest BCUT2D eigenvalue weighted by Gasteiger charge is 2.33. The normalized spacial score (nSPS) is 11.9. The summed E-state index contributed by atoms with van der Waals surface area (Å²) in [6.07, 6.45) is -2.52. The standard InChI is InChI=1S/C30H33F3N2O4/c1-4-5-18-34-28(36)27(22-9-7-6-8-10-22)29(37)35(24-15-16-25(38-2)26(20-24)39-3)19-17-21-11-13-23(14-12-21)30(31,32)33/h6-16,20,27H,4-5,17-19H2,1-3H3,(H,34,36). The molecule has 0 saturated carbocycles. The van der Waals surface area contributed by atoms with Crippen molar-refractivity contribution in [2.75, 3.05) is 32.2 Å². The summed E-state index contributed by atoms with van der Waals surface area (Å²) in [4.78, 5) is 28.9. The number of halogens is 3. The smallest absolute Gasteiger partial charge is 0.416 e. The van der Waals surface area contributed by atoms with Crippen molar-refractivity contribution in [3.63, 3.8) is 0 Å². The predicted octanol–water partition coefficient (Wildman–Crippen LogP) is 6.00. The number of carbonyl (C=O) groups is 2. The van der Waals surface area contributed by atoms with Gasteiger partial charge in [0, 0.05) is 24.8 Å². The van der Waals surface area contributed by atoms with Gasteiger partial charge >= 0.3 is 6.18 Å². The van der Waals surface area contributed by atoms with E-state index in [1.807, 2.05) is 6.92 Å². The Morgan fingerprint density at radius 1 is 0.923 bits per heavy atom. The molecule has 1 N–H and O–H groups in total. The van der Waals surface area contributed by atoms with Gasteiger partial charge in [0.05, 0.1) is 19.8 Å². The minimum Gasteiger partial charge on any atom is -0.493 e. The van der Waals surface area contributed by atoms with E-state index in [4.69, 9.17) is 9.47 Å². The van der Waals surface area contributed by atoms with Crippen molar-refractivity contribution in [1.82, 2.24) is 5.32 Å².